The molecular weight excluding hydrogens is 443 g/mol. The predicted molar refractivity (Wildman–Crippen MR) is 127 cm³/mol. The van der Waals surface area contributed by atoms with Gasteiger partial charge in [0.25, 0.3) is 0 Å². The first-order valence-electron chi connectivity index (χ1n) is 10.9. The average Bonchev–Trinajstić information content (AvgIpc) is 3.22. The molecule has 2 aromatic carbocycles. The molecule has 0 aliphatic heterocycles. The molecule has 1 amide bonds. The lowest BCUT2D eigenvalue weighted by molar-refractivity contribution is -0.118. The Hall–Kier alpha value is -2.91. The van der Waals surface area contributed by atoms with Gasteiger partial charge in [-0.1, -0.05) is 23.9 Å². The van der Waals surface area contributed by atoms with Crippen LogP contribution in [-0.2, 0) is 9.53 Å². The molecule has 0 radical (unpaired) electrons. The lowest BCUT2D eigenvalue weighted by atomic mass is 10.2. The van der Waals surface area contributed by atoms with Gasteiger partial charge in [0.15, 0.2) is 11.0 Å². The summed E-state index contributed by atoms with van der Waals surface area (Å²) < 4.78 is 27.3. The van der Waals surface area contributed by atoms with E-state index in [1.165, 1.54) is 17.8 Å². The highest BCUT2D eigenvalue weighted by atomic mass is 32.2. The predicted octanol–water partition coefficient (Wildman–Crippen LogP) is 4.50. The van der Waals surface area contributed by atoms with E-state index in [2.05, 4.69) is 15.5 Å². The number of aromatic nitrogens is 3. The highest BCUT2D eigenvalue weighted by molar-refractivity contribution is 7.99. The van der Waals surface area contributed by atoms with E-state index in [-0.39, 0.29) is 17.8 Å². The third kappa shape index (κ3) is 7.03. The second-order valence-corrected chi connectivity index (χ2v) is 8.40. The molecule has 0 aliphatic carbocycles. The molecule has 0 unspecified atom stereocenters. The fraction of sp³-hybridized carbons (Fsp3) is 0.375. The minimum Gasteiger partial charge on any atom is -0.494 e. The van der Waals surface area contributed by atoms with E-state index in [0.29, 0.717) is 36.4 Å². The highest BCUT2D eigenvalue weighted by Crippen LogP contribution is 2.30. The summed E-state index contributed by atoms with van der Waals surface area (Å²) in [5.74, 6) is 0.831. The van der Waals surface area contributed by atoms with Gasteiger partial charge in [0.2, 0.25) is 5.91 Å². The number of amides is 1. The molecule has 3 rings (SSSR count). The summed E-state index contributed by atoms with van der Waals surface area (Å²) in [5.41, 5.74) is 1.08. The maximum Gasteiger partial charge on any atom is 0.230 e. The van der Waals surface area contributed by atoms with Crippen molar-refractivity contribution in [2.75, 3.05) is 25.5 Å². The van der Waals surface area contributed by atoms with Crippen molar-refractivity contribution in [2.45, 2.75) is 38.5 Å². The molecule has 176 valence electrons. The van der Waals surface area contributed by atoms with Gasteiger partial charge in [0.05, 0.1) is 24.2 Å². The number of nitrogens with one attached hydrogen (secondary N) is 1. The summed E-state index contributed by atoms with van der Waals surface area (Å²) in [5, 5.41) is 11.8. The third-order valence-corrected chi connectivity index (χ3v) is 5.51. The van der Waals surface area contributed by atoms with Crippen molar-refractivity contribution in [3.8, 4) is 22.8 Å². The van der Waals surface area contributed by atoms with E-state index >= 15 is 0 Å². The minimum atomic E-state index is -0.402. The standard InChI is InChI=1S/C24H29FN4O3S/c1-4-31-19-12-10-18(11-13-19)23-27-28-24(29(23)21-9-6-5-8-20(21)25)33-16-22(30)26-14-7-15-32-17(2)3/h5-6,8-13,17H,4,7,14-16H2,1-3H3,(H,26,30). The molecule has 0 bridgehead atoms. The van der Waals surface area contributed by atoms with Crippen molar-refractivity contribution in [2.24, 2.45) is 0 Å². The van der Waals surface area contributed by atoms with E-state index in [1.807, 2.05) is 45.0 Å². The molecule has 1 aromatic heterocycles. The summed E-state index contributed by atoms with van der Waals surface area (Å²) in [4.78, 5) is 12.3. The van der Waals surface area contributed by atoms with Crippen LogP contribution in [0.3, 0.4) is 0 Å². The molecule has 0 aliphatic rings. The van der Waals surface area contributed by atoms with E-state index in [1.54, 1.807) is 22.8 Å². The zero-order valence-electron chi connectivity index (χ0n) is 19.1. The Balaban J connectivity index is 1.75. The minimum absolute atomic E-state index is 0.129. The van der Waals surface area contributed by atoms with Gasteiger partial charge in [-0.25, -0.2) is 4.39 Å². The number of carbonyl (C=O) groups excluding carboxylic acids is 1. The number of halogens is 1. The maximum atomic E-state index is 14.7. The fourth-order valence-electron chi connectivity index (χ4n) is 3.07. The van der Waals surface area contributed by atoms with Crippen LogP contribution in [0.15, 0.2) is 53.7 Å². The maximum absolute atomic E-state index is 14.7. The van der Waals surface area contributed by atoms with E-state index in [9.17, 15) is 9.18 Å². The molecule has 0 atom stereocenters. The van der Waals surface area contributed by atoms with Crippen molar-refractivity contribution >= 4 is 17.7 Å². The second-order valence-electron chi connectivity index (χ2n) is 7.46. The molecular formula is C24H29FN4O3S. The Morgan fingerprint density at radius 2 is 1.91 bits per heavy atom. The van der Waals surface area contributed by atoms with Crippen LogP contribution in [0, 0.1) is 5.82 Å². The van der Waals surface area contributed by atoms with Crippen LogP contribution in [0.1, 0.15) is 27.2 Å². The average molecular weight is 473 g/mol. The van der Waals surface area contributed by atoms with Gasteiger partial charge in [-0.15, -0.1) is 10.2 Å². The Labute approximate surface area is 197 Å². The molecule has 1 N–H and O–H groups in total. The Bertz CT molecular complexity index is 1040. The van der Waals surface area contributed by atoms with Gasteiger partial charge >= 0.3 is 0 Å². The second kappa shape index (κ2) is 12.4. The number of hydrogen-bond acceptors (Lipinski definition) is 6. The summed E-state index contributed by atoms with van der Waals surface area (Å²) >= 11 is 1.21. The van der Waals surface area contributed by atoms with E-state index < -0.39 is 5.82 Å². The zero-order valence-corrected chi connectivity index (χ0v) is 19.9. The van der Waals surface area contributed by atoms with E-state index in [4.69, 9.17) is 9.47 Å². The molecule has 0 spiro atoms. The molecule has 1 heterocycles. The summed E-state index contributed by atoms with van der Waals surface area (Å²) in [7, 11) is 0. The first-order chi connectivity index (χ1) is 16.0. The van der Waals surface area contributed by atoms with Gasteiger partial charge in [0.1, 0.15) is 11.6 Å². The fourth-order valence-corrected chi connectivity index (χ4v) is 3.84. The monoisotopic (exact) mass is 472 g/mol. The van der Waals surface area contributed by atoms with Crippen LogP contribution in [0.25, 0.3) is 17.1 Å². The molecule has 7 nitrogen and oxygen atoms in total. The molecule has 0 saturated carbocycles. The van der Waals surface area contributed by atoms with Crippen LogP contribution in [-0.4, -0.2) is 52.3 Å². The third-order valence-electron chi connectivity index (χ3n) is 4.58. The number of benzene rings is 2. The number of rotatable bonds is 12. The van der Waals surface area contributed by atoms with Crippen molar-refractivity contribution in [3.63, 3.8) is 0 Å². The number of carbonyl (C=O) groups is 1. The summed E-state index contributed by atoms with van der Waals surface area (Å²) in [6.07, 6.45) is 0.910. The first kappa shape index (κ1) is 24.7. The number of ether oxygens (including phenoxy) is 2. The number of hydrogen-bond donors (Lipinski definition) is 1. The van der Waals surface area contributed by atoms with Crippen LogP contribution in [0.2, 0.25) is 0 Å². The number of thioether (sulfide) groups is 1. The molecule has 3 aromatic rings. The quantitative estimate of drug-likeness (QED) is 0.309. The smallest absolute Gasteiger partial charge is 0.230 e. The Morgan fingerprint density at radius 1 is 1.15 bits per heavy atom. The lowest BCUT2D eigenvalue weighted by Gasteiger charge is -2.12. The normalized spacial score (nSPS) is 11.1. The van der Waals surface area contributed by atoms with Crippen LogP contribution >= 0.6 is 11.8 Å². The van der Waals surface area contributed by atoms with Crippen LogP contribution in [0.4, 0.5) is 4.39 Å². The van der Waals surface area contributed by atoms with Gasteiger partial charge in [-0.2, -0.15) is 0 Å². The first-order valence-corrected chi connectivity index (χ1v) is 11.9. The number of nitrogens with zero attached hydrogens (tertiary/aromatic N) is 3. The highest BCUT2D eigenvalue weighted by Gasteiger charge is 2.19. The molecule has 33 heavy (non-hydrogen) atoms. The van der Waals surface area contributed by atoms with Crippen molar-refractivity contribution < 1.29 is 18.7 Å². The van der Waals surface area contributed by atoms with Gasteiger partial charge in [0, 0.05) is 18.7 Å². The Kier molecular flexibility index (Phi) is 9.26. The van der Waals surface area contributed by atoms with Gasteiger partial charge in [-0.3, -0.25) is 9.36 Å². The van der Waals surface area contributed by atoms with Gasteiger partial charge < -0.3 is 14.8 Å². The largest absolute Gasteiger partial charge is 0.494 e. The Morgan fingerprint density at radius 3 is 2.61 bits per heavy atom. The van der Waals surface area contributed by atoms with Crippen molar-refractivity contribution in [1.29, 1.82) is 0 Å². The zero-order chi connectivity index (χ0) is 23.6. The lowest BCUT2D eigenvalue weighted by Crippen LogP contribution is -2.27. The van der Waals surface area contributed by atoms with Crippen molar-refractivity contribution in [3.05, 3.63) is 54.3 Å². The van der Waals surface area contributed by atoms with Gasteiger partial charge in [-0.05, 0) is 63.6 Å². The van der Waals surface area contributed by atoms with Crippen molar-refractivity contribution in [1.82, 2.24) is 20.1 Å². The number of para-hydroxylation sites is 1. The van der Waals surface area contributed by atoms with Crippen LogP contribution < -0.4 is 10.1 Å². The SMILES string of the molecule is CCOc1ccc(-c2nnc(SCC(=O)NCCCOC(C)C)n2-c2ccccc2F)cc1. The van der Waals surface area contributed by atoms with E-state index in [0.717, 1.165) is 17.7 Å². The summed E-state index contributed by atoms with van der Waals surface area (Å²) in [6, 6.07) is 13.8. The molecule has 9 heteroatoms. The summed E-state index contributed by atoms with van der Waals surface area (Å²) in [6.45, 7) is 7.56. The van der Waals surface area contributed by atoms with Crippen LogP contribution in [0.5, 0.6) is 5.75 Å². The molecule has 0 fully saturated rings. The topological polar surface area (TPSA) is 78.3 Å². The molecule has 0 saturated heterocycles.